The van der Waals surface area contributed by atoms with Crippen LogP contribution >= 0.6 is 23.5 Å². The van der Waals surface area contributed by atoms with Crippen molar-refractivity contribution in [2.75, 3.05) is 29.5 Å². The minimum Gasteiger partial charge on any atom is -0.300 e. The minimum absolute atomic E-state index is 0.162. The van der Waals surface area contributed by atoms with Gasteiger partial charge in [-0.2, -0.15) is 24.9 Å². The maximum Gasteiger partial charge on any atom is 0.416 e. The summed E-state index contributed by atoms with van der Waals surface area (Å²) in [5.41, 5.74) is 0.262. The summed E-state index contributed by atoms with van der Waals surface area (Å²) in [6, 6.07) is 11.7. The van der Waals surface area contributed by atoms with E-state index < -0.39 is 11.7 Å². The number of hydrogen-bond donors (Lipinski definition) is 0. The van der Waals surface area contributed by atoms with E-state index in [4.69, 9.17) is 0 Å². The molecule has 0 aliphatic carbocycles. The summed E-state index contributed by atoms with van der Waals surface area (Å²) in [7, 11) is 0. The lowest BCUT2D eigenvalue weighted by molar-refractivity contribution is -0.137. The van der Waals surface area contributed by atoms with Gasteiger partial charge in [0.05, 0.1) is 22.7 Å². The van der Waals surface area contributed by atoms with Gasteiger partial charge in [0.2, 0.25) is 5.91 Å². The first-order valence-electron chi connectivity index (χ1n) is 11.5. The molecule has 3 heterocycles. The van der Waals surface area contributed by atoms with Crippen LogP contribution in [0.3, 0.4) is 0 Å². The monoisotopic (exact) mass is 492 g/mol. The minimum atomic E-state index is -4.45. The standard InChI is InChI=1S/C25H27F3N2OS2/c26-25(27,28)18-10-11-23-21(14-18)30(20-8-1-2-9-22(20)33-23)24(31)16-32-15-17-6-5-13-29-12-4-3-7-19(17)29/h1-2,8-11,14,17,19H,3-7,12-13,15-16H2. The summed E-state index contributed by atoms with van der Waals surface area (Å²) < 4.78 is 40.2. The number of benzene rings is 2. The summed E-state index contributed by atoms with van der Waals surface area (Å²) >= 11 is 3.04. The van der Waals surface area contributed by atoms with Crippen molar-refractivity contribution in [2.24, 2.45) is 5.92 Å². The molecule has 0 radical (unpaired) electrons. The number of carbonyl (C=O) groups excluding carboxylic acids is 1. The zero-order chi connectivity index (χ0) is 23.0. The molecule has 1 amide bonds. The predicted molar refractivity (Wildman–Crippen MR) is 128 cm³/mol. The molecule has 33 heavy (non-hydrogen) atoms. The average molecular weight is 493 g/mol. The molecule has 3 aliphatic heterocycles. The third-order valence-corrected chi connectivity index (χ3v) is 9.13. The number of piperidine rings is 2. The Hall–Kier alpha value is -1.64. The smallest absolute Gasteiger partial charge is 0.300 e. The van der Waals surface area contributed by atoms with E-state index in [1.807, 2.05) is 24.3 Å². The Morgan fingerprint density at radius 1 is 1.00 bits per heavy atom. The number of alkyl halides is 3. The molecule has 0 spiro atoms. The molecule has 2 fully saturated rings. The van der Waals surface area contributed by atoms with Gasteiger partial charge in [0.25, 0.3) is 0 Å². The fourth-order valence-electron chi connectivity index (χ4n) is 5.33. The van der Waals surface area contributed by atoms with Crippen molar-refractivity contribution >= 4 is 40.8 Å². The van der Waals surface area contributed by atoms with Gasteiger partial charge in [-0.05, 0) is 80.8 Å². The molecule has 176 valence electrons. The molecular weight excluding hydrogens is 465 g/mol. The van der Waals surface area contributed by atoms with Crippen LogP contribution in [0.25, 0.3) is 0 Å². The van der Waals surface area contributed by atoms with E-state index in [2.05, 4.69) is 4.90 Å². The van der Waals surface area contributed by atoms with Gasteiger partial charge in [-0.15, -0.1) is 0 Å². The number of rotatable bonds is 4. The SMILES string of the molecule is O=C(CSCC1CCCN2CCCCC12)N1c2ccccc2Sc2ccc(C(F)(F)F)cc21. The van der Waals surface area contributed by atoms with Crippen LogP contribution in [-0.2, 0) is 11.0 Å². The van der Waals surface area contributed by atoms with E-state index in [-0.39, 0.29) is 11.7 Å². The lowest BCUT2D eigenvalue weighted by Crippen LogP contribution is -2.48. The number of nitrogens with zero attached hydrogens (tertiary/aromatic N) is 2. The van der Waals surface area contributed by atoms with Gasteiger partial charge in [-0.25, -0.2) is 0 Å². The molecule has 3 nitrogen and oxygen atoms in total. The molecule has 2 aromatic carbocycles. The number of para-hydroxylation sites is 1. The molecule has 5 rings (SSSR count). The lowest BCUT2D eigenvalue weighted by atomic mass is 9.85. The van der Waals surface area contributed by atoms with E-state index >= 15 is 0 Å². The third-order valence-electron chi connectivity index (χ3n) is 6.89. The Bertz CT molecular complexity index is 1030. The Morgan fingerprint density at radius 3 is 2.64 bits per heavy atom. The molecule has 3 aliphatic rings. The maximum absolute atomic E-state index is 13.4. The predicted octanol–water partition coefficient (Wildman–Crippen LogP) is 6.83. The van der Waals surface area contributed by atoms with Gasteiger partial charge in [0.1, 0.15) is 0 Å². The number of carbonyl (C=O) groups is 1. The summed E-state index contributed by atoms with van der Waals surface area (Å²) in [4.78, 5) is 19.1. The molecular formula is C25H27F3N2OS2. The largest absolute Gasteiger partial charge is 0.416 e. The number of halogens is 3. The highest BCUT2D eigenvalue weighted by Gasteiger charge is 2.36. The highest BCUT2D eigenvalue weighted by atomic mass is 32.2. The number of anilines is 2. The second-order valence-electron chi connectivity index (χ2n) is 9.00. The van der Waals surface area contributed by atoms with Crippen molar-refractivity contribution < 1.29 is 18.0 Å². The summed E-state index contributed by atoms with van der Waals surface area (Å²) in [5, 5.41) is 0. The van der Waals surface area contributed by atoms with Crippen LogP contribution in [0.1, 0.15) is 37.7 Å². The van der Waals surface area contributed by atoms with Crippen LogP contribution in [0.5, 0.6) is 0 Å². The quantitative estimate of drug-likeness (QED) is 0.467. The van der Waals surface area contributed by atoms with E-state index in [0.717, 1.165) is 22.8 Å². The summed E-state index contributed by atoms with van der Waals surface area (Å²) in [6.45, 7) is 2.37. The van der Waals surface area contributed by atoms with Crippen molar-refractivity contribution in [1.29, 1.82) is 0 Å². The number of amides is 1. The molecule has 2 aromatic rings. The summed E-state index contributed by atoms with van der Waals surface area (Å²) in [6.07, 6.45) is 1.75. The van der Waals surface area contributed by atoms with Gasteiger partial charge >= 0.3 is 6.18 Å². The second kappa shape index (κ2) is 9.55. The lowest BCUT2D eigenvalue weighted by Gasteiger charge is -2.44. The Morgan fingerprint density at radius 2 is 1.79 bits per heavy atom. The van der Waals surface area contributed by atoms with Gasteiger partial charge in [-0.3, -0.25) is 9.69 Å². The van der Waals surface area contributed by atoms with Crippen LogP contribution in [0.15, 0.2) is 52.3 Å². The van der Waals surface area contributed by atoms with Crippen LogP contribution in [0, 0.1) is 5.92 Å². The van der Waals surface area contributed by atoms with Crippen molar-refractivity contribution in [2.45, 2.75) is 54.1 Å². The Balaban J connectivity index is 1.34. The molecule has 0 bridgehead atoms. The average Bonchev–Trinajstić information content (AvgIpc) is 2.81. The Kier molecular flexibility index (Phi) is 6.69. The fraction of sp³-hybridized carbons (Fsp3) is 0.480. The molecule has 0 N–H and O–H groups in total. The zero-order valence-corrected chi connectivity index (χ0v) is 19.9. The normalized spacial score (nSPS) is 22.9. The van der Waals surface area contributed by atoms with Crippen molar-refractivity contribution in [3.63, 3.8) is 0 Å². The first-order chi connectivity index (χ1) is 15.9. The molecule has 0 saturated carbocycles. The first-order valence-corrected chi connectivity index (χ1v) is 13.5. The fourth-order valence-corrected chi connectivity index (χ4v) is 7.49. The number of hydrogen-bond acceptors (Lipinski definition) is 4. The topological polar surface area (TPSA) is 23.6 Å². The van der Waals surface area contributed by atoms with E-state index in [1.54, 1.807) is 11.8 Å². The summed E-state index contributed by atoms with van der Waals surface area (Å²) in [5.74, 6) is 1.61. The molecule has 2 atom stereocenters. The molecule has 2 saturated heterocycles. The van der Waals surface area contributed by atoms with Crippen LogP contribution in [0.4, 0.5) is 24.5 Å². The third kappa shape index (κ3) is 4.80. The van der Waals surface area contributed by atoms with Crippen LogP contribution < -0.4 is 4.90 Å². The molecule has 8 heteroatoms. The van der Waals surface area contributed by atoms with E-state index in [0.29, 0.717) is 28.2 Å². The number of thioether (sulfide) groups is 1. The molecule has 0 aromatic heterocycles. The maximum atomic E-state index is 13.4. The Labute approximate surface area is 201 Å². The van der Waals surface area contributed by atoms with Crippen LogP contribution in [-0.4, -0.2) is 41.4 Å². The van der Waals surface area contributed by atoms with Crippen LogP contribution in [0.2, 0.25) is 0 Å². The zero-order valence-electron chi connectivity index (χ0n) is 18.3. The highest BCUT2D eigenvalue weighted by molar-refractivity contribution is 8.00. The van der Waals surface area contributed by atoms with Gasteiger partial charge < -0.3 is 4.90 Å². The van der Waals surface area contributed by atoms with Gasteiger partial charge in [-0.1, -0.05) is 30.3 Å². The van der Waals surface area contributed by atoms with E-state index in [9.17, 15) is 18.0 Å². The van der Waals surface area contributed by atoms with E-state index in [1.165, 1.54) is 67.9 Å². The highest BCUT2D eigenvalue weighted by Crippen LogP contribution is 2.49. The van der Waals surface area contributed by atoms with Crippen molar-refractivity contribution in [1.82, 2.24) is 4.90 Å². The van der Waals surface area contributed by atoms with Gasteiger partial charge in [0, 0.05) is 15.8 Å². The first kappa shape index (κ1) is 23.1. The molecule has 2 unspecified atom stereocenters. The van der Waals surface area contributed by atoms with Gasteiger partial charge in [0.15, 0.2) is 0 Å². The van der Waals surface area contributed by atoms with Crippen molar-refractivity contribution in [3.8, 4) is 0 Å². The van der Waals surface area contributed by atoms with Crippen molar-refractivity contribution in [3.05, 3.63) is 48.0 Å². The second-order valence-corrected chi connectivity index (χ2v) is 11.1. The number of fused-ring (bicyclic) bond motifs is 3.